The molecule has 0 spiro atoms. The number of ether oxygens (including phenoxy) is 2. The van der Waals surface area contributed by atoms with E-state index in [4.69, 9.17) is 51.3 Å². The Hall–Kier alpha value is -2.32. The van der Waals surface area contributed by atoms with Gasteiger partial charge in [-0.05, 0) is 77.6 Å². The minimum absolute atomic E-state index is 0.0736. The highest BCUT2D eigenvalue weighted by Crippen LogP contribution is 2.36. The van der Waals surface area contributed by atoms with E-state index in [-0.39, 0.29) is 33.0 Å². The second-order valence-corrected chi connectivity index (χ2v) is 8.62. The number of halogens is 3. The Labute approximate surface area is 214 Å². The zero-order chi connectivity index (χ0) is 23.4. The van der Waals surface area contributed by atoms with Crippen LogP contribution in [-0.4, -0.2) is 30.1 Å². The lowest BCUT2D eigenvalue weighted by molar-refractivity contribution is -0.122. The van der Waals surface area contributed by atoms with Crippen LogP contribution in [0.25, 0.3) is 6.08 Å². The van der Waals surface area contributed by atoms with E-state index >= 15 is 0 Å². The van der Waals surface area contributed by atoms with Gasteiger partial charge in [0.15, 0.2) is 16.6 Å². The highest BCUT2D eigenvalue weighted by Gasteiger charge is 2.35. The van der Waals surface area contributed by atoms with Crippen molar-refractivity contribution in [1.29, 1.82) is 0 Å². The number of nitrogens with one attached hydrogen (secondary N) is 1. The molecule has 1 saturated heterocycles. The number of thiocarbonyl (C=S) groups is 1. The Bertz CT molecular complexity index is 1190. The van der Waals surface area contributed by atoms with Crippen molar-refractivity contribution in [3.05, 3.63) is 55.1 Å². The molecule has 2 aromatic carbocycles. The number of benzene rings is 2. The van der Waals surface area contributed by atoms with Gasteiger partial charge < -0.3 is 9.47 Å². The molecule has 10 heteroatoms. The number of amides is 2. The number of nitrogens with zero attached hydrogens (tertiary/aromatic N) is 1. The third kappa shape index (κ3) is 5.02. The topological polar surface area (TPSA) is 67.9 Å². The average Bonchev–Trinajstić information content (AvgIpc) is 2.73. The highest BCUT2D eigenvalue weighted by molar-refractivity contribution is 14.1. The Balaban J connectivity index is 2.06. The van der Waals surface area contributed by atoms with Gasteiger partial charge >= 0.3 is 0 Å². The molecule has 0 radical (unpaired) electrons. The summed E-state index contributed by atoms with van der Waals surface area (Å²) in [6, 6.07) is 8.20. The van der Waals surface area contributed by atoms with Gasteiger partial charge in [0, 0.05) is 0 Å². The molecule has 2 aromatic rings. The molecule has 0 aromatic heterocycles. The molecule has 1 fully saturated rings. The van der Waals surface area contributed by atoms with E-state index in [2.05, 4.69) is 33.8 Å². The van der Waals surface area contributed by atoms with Gasteiger partial charge in [-0.1, -0.05) is 35.2 Å². The van der Waals surface area contributed by atoms with Crippen molar-refractivity contribution in [1.82, 2.24) is 5.32 Å². The third-order valence-electron chi connectivity index (χ3n) is 4.22. The number of rotatable bonds is 6. The van der Waals surface area contributed by atoms with Gasteiger partial charge in [-0.2, -0.15) is 0 Å². The zero-order valence-corrected chi connectivity index (χ0v) is 21.1. The van der Waals surface area contributed by atoms with Crippen molar-refractivity contribution in [2.75, 3.05) is 18.1 Å². The molecule has 1 heterocycles. The summed E-state index contributed by atoms with van der Waals surface area (Å²) < 4.78 is 11.9. The van der Waals surface area contributed by atoms with E-state index in [0.717, 1.165) is 4.90 Å². The van der Waals surface area contributed by atoms with E-state index < -0.39 is 11.8 Å². The molecule has 1 N–H and O–H groups in total. The van der Waals surface area contributed by atoms with Gasteiger partial charge in [0.2, 0.25) is 0 Å². The predicted molar refractivity (Wildman–Crippen MR) is 137 cm³/mol. The van der Waals surface area contributed by atoms with E-state index in [1.165, 1.54) is 6.08 Å². The monoisotopic (exact) mass is 600 g/mol. The normalized spacial score (nSPS) is 14.9. The third-order valence-corrected chi connectivity index (χ3v) is 6.11. The van der Waals surface area contributed by atoms with Gasteiger partial charge in [-0.25, -0.2) is 0 Å². The fourth-order valence-corrected chi connectivity index (χ4v) is 4.33. The first kappa shape index (κ1) is 24.3. The molecule has 0 unspecified atom stereocenters. The largest absolute Gasteiger partial charge is 0.490 e. The van der Waals surface area contributed by atoms with Crippen molar-refractivity contribution in [3.63, 3.8) is 0 Å². The van der Waals surface area contributed by atoms with Crippen molar-refractivity contribution in [2.24, 2.45) is 0 Å². The van der Waals surface area contributed by atoms with Crippen LogP contribution in [0.15, 0.2) is 35.9 Å². The number of anilines is 1. The van der Waals surface area contributed by atoms with E-state index in [9.17, 15) is 9.59 Å². The average molecular weight is 601 g/mol. The zero-order valence-electron chi connectivity index (χ0n) is 16.6. The summed E-state index contributed by atoms with van der Waals surface area (Å²) >= 11 is 19.6. The molecule has 0 bridgehead atoms. The van der Waals surface area contributed by atoms with Crippen LogP contribution in [-0.2, 0) is 9.59 Å². The van der Waals surface area contributed by atoms with Crippen LogP contribution >= 0.6 is 58.0 Å². The van der Waals surface area contributed by atoms with Crippen LogP contribution in [0.4, 0.5) is 5.69 Å². The number of carbonyl (C=O) groups excluding carboxylic acids is 2. The van der Waals surface area contributed by atoms with Gasteiger partial charge in [-0.3, -0.25) is 19.8 Å². The quantitative estimate of drug-likeness (QED) is 0.169. The lowest BCUT2D eigenvalue weighted by Gasteiger charge is -2.29. The van der Waals surface area contributed by atoms with Crippen molar-refractivity contribution >= 4 is 86.7 Å². The summed E-state index contributed by atoms with van der Waals surface area (Å²) in [7, 11) is 0. The molecule has 0 aliphatic carbocycles. The van der Waals surface area contributed by atoms with Gasteiger partial charge in [0.1, 0.15) is 12.2 Å². The van der Waals surface area contributed by atoms with E-state index in [0.29, 0.717) is 27.2 Å². The standard InChI is InChI=1S/C22H15Cl2IN2O4S/c1-3-8-31-19-15(25)10-12(11-17(19)30-4-2)9-13-20(28)26-22(32)27(21(13)29)16-7-5-6-14(23)18(16)24/h1,5-7,9-11H,4,8H2,2H3,(H,26,28,32)/b13-9+. The van der Waals surface area contributed by atoms with Gasteiger partial charge in [0.25, 0.3) is 11.8 Å². The smallest absolute Gasteiger partial charge is 0.270 e. The van der Waals surface area contributed by atoms with Crippen LogP contribution in [0, 0.1) is 15.9 Å². The molecule has 6 nitrogen and oxygen atoms in total. The summed E-state index contributed by atoms with van der Waals surface area (Å²) in [5, 5.41) is 2.82. The lowest BCUT2D eigenvalue weighted by Crippen LogP contribution is -2.54. The summed E-state index contributed by atoms with van der Waals surface area (Å²) in [5.41, 5.74) is 0.683. The first-order chi connectivity index (χ1) is 15.3. The second-order valence-electron chi connectivity index (χ2n) is 6.29. The molecular formula is C22H15Cl2IN2O4S. The number of hydrogen-bond donors (Lipinski definition) is 1. The molecule has 1 aliphatic heterocycles. The number of hydrogen-bond acceptors (Lipinski definition) is 5. The van der Waals surface area contributed by atoms with Gasteiger partial charge in [-0.15, -0.1) is 6.42 Å². The minimum atomic E-state index is -0.636. The molecule has 1 aliphatic rings. The van der Waals surface area contributed by atoms with Crippen LogP contribution < -0.4 is 19.7 Å². The summed E-state index contributed by atoms with van der Waals surface area (Å²) in [6.45, 7) is 2.29. The number of terminal acetylenes is 1. The summed E-state index contributed by atoms with van der Waals surface area (Å²) in [5.74, 6) is 2.07. The Morgan fingerprint density at radius 1 is 1.28 bits per heavy atom. The first-order valence-electron chi connectivity index (χ1n) is 9.16. The lowest BCUT2D eigenvalue weighted by atomic mass is 10.1. The van der Waals surface area contributed by atoms with Crippen LogP contribution in [0.5, 0.6) is 11.5 Å². The molecule has 32 heavy (non-hydrogen) atoms. The maximum absolute atomic E-state index is 13.2. The first-order valence-corrected chi connectivity index (χ1v) is 11.4. The number of carbonyl (C=O) groups is 2. The van der Waals surface area contributed by atoms with E-state index in [1.54, 1.807) is 30.3 Å². The summed E-state index contributed by atoms with van der Waals surface area (Å²) in [4.78, 5) is 27.0. The van der Waals surface area contributed by atoms with Crippen molar-refractivity contribution < 1.29 is 19.1 Å². The minimum Gasteiger partial charge on any atom is -0.490 e. The van der Waals surface area contributed by atoms with Crippen LogP contribution in [0.2, 0.25) is 10.0 Å². The molecular weight excluding hydrogens is 586 g/mol. The Morgan fingerprint density at radius 2 is 2.03 bits per heavy atom. The fourth-order valence-electron chi connectivity index (χ4n) is 2.90. The summed E-state index contributed by atoms with van der Waals surface area (Å²) in [6.07, 6.45) is 6.73. The Kier molecular flexibility index (Phi) is 8.00. The fraction of sp³-hybridized carbons (Fsp3) is 0.136. The van der Waals surface area contributed by atoms with Crippen LogP contribution in [0.1, 0.15) is 12.5 Å². The second kappa shape index (κ2) is 10.5. The maximum atomic E-state index is 13.2. The predicted octanol–water partition coefficient (Wildman–Crippen LogP) is 4.84. The molecule has 0 saturated carbocycles. The Morgan fingerprint density at radius 3 is 2.72 bits per heavy atom. The molecule has 2 amide bonds. The SMILES string of the molecule is C#CCOc1c(I)cc(/C=C2\C(=O)NC(=S)N(c3cccc(Cl)c3Cl)C2=O)cc1OCC. The van der Waals surface area contributed by atoms with Crippen molar-refractivity contribution in [2.45, 2.75) is 6.92 Å². The highest BCUT2D eigenvalue weighted by atomic mass is 127. The molecule has 164 valence electrons. The van der Waals surface area contributed by atoms with Crippen LogP contribution in [0.3, 0.4) is 0 Å². The molecule has 0 atom stereocenters. The van der Waals surface area contributed by atoms with Gasteiger partial charge in [0.05, 0.1) is 25.9 Å². The molecule has 3 rings (SSSR count). The van der Waals surface area contributed by atoms with E-state index in [1.807, 2.05) is 6.92 Å². The maximum Gasteiger partial charge on any atom is 0.270 e. The van der Waals surface area contributed by atoms with Crippen molar-refractivity contribution in [3.8, 4) is 23.8 Å².